The normalized spacial score (nSPS) is 22.5. The summed E-state index contributed by atoms with van der Waals surface area (Å²) in [6.07, 6.45) is 1.45. The second kappa shape index (κ2) is 3.88. The smallest absolute Gasteiger partial charge is 0.119 e. The van der Waals surface area contributed by atoms with Crippen molar-refractivity contribution in [2.45, 2.75) is 12.5 Å². The first kappa shape index (κ1) is 9.34. The molecule has 1 aromatic rings. The third-order valence-electron chi connectivity index (χ3n) is 2.53. The molecule has 3 nitrogen and oxygen atoms in total. The molecule has 0 unspecified atom stereocenters. The molecule has 3 heteroatoms. The Hall–Kier alpha value is -1.22. The largest absolute Gasteiger partial charge is 0.489 e. The van der Waals surface area contributed by atoms with Crippen LogP contribution in [0, 0.1) is 0 Å². The minimum absolute atomic E-state index is 0.337. The van der Waals surface area contributed by atoms with Gasteiger partial charge in [0, 0.05) is 18.8 Å². The van der Waals surface area contributed by atoms with E-state index >= 15 is 0 Å². The van der Waals surface area contributed by atoms with E-state index < -0.39 is 0 Å². The third-order valence-corrected chi connectivity index (χ3v) is 2.53. The van der Waals surface area contributed by atoms with Crippen LogP contribution in [-0.2, 0) is 0 Å². The van der Waals surface area contributed by atoms with Crippen LogP contribution in [0.15, 0.2) is 24.3 Å². The highest BCUT2D eigenvalue weighted by Gasteiger charge is 2.20. The molecule has 2 rings (SSSR count). The van der Waals surface area contributed by atoms with Crippen molar-refractivity contribution in [2.75, 3.05) is 25.9 Å². The molecular weight excluding hydrogens is 176 g/mol. The lowest BCUT2D eigenvalue weighted by molar-refractivity contribution is 0.208. The number of hydrogen-bond acceptors (Lipinski definition) is 3. The highest BCUT2D eigenvalue weighted by molar-refractivity contribution is 5.41. The lowest BCUT2D eigenvalue weighted by Crippen LogP contribution is -2.21. The summed E-state index contributed by atoms with van der Waals surface area (Å²) in [7, 11) is 2.12. The topological polar surface area (TPSA) is 38.5 Å². The number of rotatable bonds is 2. The highest BCUT2D eigenvalue weighted by atomic mass is 16.5. The van der Waals surface area contributed by atoms with Gasteiger partial charge in [0.2, 0.25) is 0 Å². The van der Waals surface area contributed by atoms with E-state index in [9.17, 15) is 0 Å². The number of anilines is 1. The molecule has 1 atom stereocenters. The van der Waals surface area contributed by atoms with Crippen LogP contribution in [0.4, 0.5) is 5.69 Å². The first-order chi connectivity index (χ1) is 6.74. The fourth-order valence-electron chi connectivity index (χ4n) is 1.73. The zero-order valence-electron chi connectivity index (χ0n) is 8.44. The maximum absolute atomic E-state index is 5.80. The summed E-state index contributed by atoms with van der Waals surface area (Å²) in [5, 5.41) is 0. The summed E-state index contributed by atoms with van der Waals surface area (Å²) in [6.45, 7) is 2.14. The van der Waals surface area contributed by atoms with Crippen LogP contribution in [-0.4, -0.2) is 31.1 Å². The number of nitrogens with two attached hydrogens (primary N) is 1. The van der Waals surface area contributed by atoms with Crippen LogP contribution in [0.1, 0.15) is 6.42 Å². The van der Waals surface area contributed by atoms with E-state index in [4.69, 9.17) is 10.5 Å². The van der Waals surface area contributed by atoms with Crippen molar-refractivity contribution in [2.24, 2.45) is 0 Å². The molecule has 2 N–H and O–H groups in total. The van der Waals surface area contributed by atoms with Crippen molar-refractivity contribution in [1.82, 2.24) is 4.90 Å². The summed E-state index contributed by atoms with van der Waals surface area (Å²) in [6, 6.07) is 7.59. The van der Waals surface area contributed by atoms with Gasteiger partial charge in [-0.3, -0.25) is 0 Å². The Kier molecular flexibility index (Phi) is 2.59. The van der Waals surface area contributed by atoms with E-state index in [-0.39, 0.29) is 0 Å². The predicted octanol–water partition coefficient (Wildman–Crippen LogP) is 1.35. The number of likely N-dealkylation sites (tertiary alicyclic amines) is 1. The quantitative estimate of drug-likeness (QED) is 0.719. The van der Waals surface area contributed by atoms with Gasteiger partial charge in [-0.15, -0.1) is 0 Å². The van der Waals surface area contributed by atoms with E-state index in [1.165, 1.54) is 0 Å². The van der Waals surface area contributed by atoms with Crippen molar-refractivity contribution in [1.29, 1.82) is 0 Å². The van der Waals surface area contributed by atoms with Gasteiger partial charge in [-0.1, -0.05) is 0 Å². The fourth-order valence-corrected chi connectivity index (χ4v) is 1.73. The van der Waals surface area contributed by atoms with Crippen LogP contribution < -0.4 is 10.5 Å². The van der Waals surface area contributed by atoms with Gasteiger partial charge < -0.3 is 15.4 Å². The Morgan fingerprint density at radius 3 is 2.64 bits per heavy atom. The summed E-state index contributed by atoms with van der Waals surface area (Å²) < 4.78 is 5.80. The monoisotopic (exact) mass is 192 g/mol. The van der Waals surface area contributed by atoms with E-state index in [2.05, 4.69) is 11.9 Å². The maximum Gasteiger partial charge on any atom is 0.119 e. The van der Waals surface area contributed by atoms with Gasteiger partial charge in [-0.2, -0.15) is 0 Å². The van der Waals surface area contributed by atoms with Gasteiger partial charge in [0.05, 0.1) is 0 Å². The summed E-state index contributed by atoms with van der Waals surface area (Å²) in [4.78, 5) is 2.28. The highest BCUT2D eigenvalue weighted by Crippen LogP contribution is 2.18. The molecule has 0 amide bonds. The fraction of sp³-hybridized carbons (Fsp3) is 0.455. The first-order valence-electron chi connectivity index (χ1n) is 4.95. The molecule has 0 bridgehead atoms. The van der Waals surface area contributed by atoms with E-state index in [0.29, 0.717) is 6.10 Å². The van der Waals surface area contributed by atoms with Crippen LogP contribution in [0.2, 0.25) is 0 Å². The van der Waals surface area contributed by atoms with Crippen LogP contribution in [0.3, 0.4) is 0 Å². The molecule has 1 aliphatic rings. The molecule has 1 aliphatic heterocycles. The minimum Gasteiger partial charge on any atom is -0.489 e. The molecule has 0 saturated carbocycles. The third kappa shape index (κ3) is 2.17. The number of nitrogens with zero attached hydrogens (tertiary/aromatic N) is 1. The molecule has 1 aromatic carbocycles. The maximum atomic E-state index is 5.80. The minimum atomic E-state index is 0.337. The van der Waals surface area contributed by atoms with Gasteiger partial charge in [0.25, 0.3) is 0 Å². The first-order valence-corrected chi connectivity index (χ1v) is 4.95. The molecule has 0 aliphatic carbocycles. The molecular formula is C11H16N2O. The summed E-state index contributed by atoms with van der Waals surface area (Å²) in [5.41, 5.74) is 6.37. The van der Waals surface area contributed by atoms with Gasteiger partial charge in [-0.05, 0) is 37.7 Å². The van der Waals surface area contributed by atoms with Gasteiger partial charge >= 0.3 is 0 Å². The standard InChI is InChI=1S/C11H16N2O/c1-13-7-6-11(8-13)14-10-4-2-9(12)3-5-10/h2-5,11H,6-8,12H2,1H3/t11-/m0/s1. The average molecular weight is 192 g/mol. The molecule has 0 aromatic heterocycles. The Labute approximate surface area is 84.5 Å². The van der Waals surface area contributed by atoms with Crippen LogP contribution in [0.25, 0.3) is 0 Å². The number of ether oxygens (including phenoxy) is 1. The number of likely N-dealkylation sites (N-methyl/N-ethyl adjacent to an activating group) is 1. The number of benzene rings is 1. The van der Waals surface area contributed by atoms with Crippen molar-refractivity contribution in [3.8, 4) is 5.75 Å². The number of nitrogen functional groups attached to an aromatic ring is 1. The van der Waals surface area contributed by atoms with Crippen LogP contribution in [0.5, 0.6) is 5.75 Å². The van der Waals surface area contributed by atoms with Crippen LogP contribution >= 0.6 is 0 Å². The second-order valence-corrected chi connectivity index (χ2v) is 3.86. The van der Waals surface area contributed by atoms with Gasteiger partial charge in [0.15, 0.2) is 0 Å². The van der Waals surface area contributed by atoms with Gasteiger partial charge in [0.1, 0.15) is 11.9 Å². The zero-order valence-corrected chi connectivity index (χ0v) is 8.44. The van der Waals surface area contributed by atoms with E-state index in [0.717, 1.165) is 30.9 Å². The van der Waals surface area contributed by atoms with E-state index in [1.54, 1.807) is 0 Å². The van der Waals surface area contributed by atoms with Crippen molar-refractivity contribution in [3.63, 3.8) is 0 Å². The lowest BCUT2D eigenvalue weighted by atomic mass is 10.3. The second-order valence-electron chi connectivity index (χ2n) is 3.86. The Morgan fingerprint density at radius 1 is 1.36 bits per heavy atom. The number of hydrogen-bond donors (Lipinski definition) is 1. The Morgan fingerprint density at radius 2 is 2.07 bits per heavy atom. The predicted molar refractivity (Wildman–Crippen MR) is 57.4 cm³/mol. The Balaban J connectivity index is 1.94. The molecule has 14 heavy (non-hydrogen) atoms. The van der Waals surface area contributed by atoms with Gasteiger partial charge in [-0.25, -0.2) is 0 Å². The average Bonchev–Trinajstić information content (AvgIpc) is 2.56. The zero-order chi connectivity index (χ0) is 9.97. The Bertz CT molecular complexity index is 297. The molecule has 76 valence electrons. The van der Waals surface area contributed by atoms with E-state index in [1.807, 2.05) is 24.3 Å². The summed E-state index contributed by atoms with van der Waals surface area (Å²) in [5.74, 6) is 0.916. The molecule has 0 radical (unpaired) electrons. The molecule has 1 saturated heterocycles. The van der Waals surface area contributed by atoms with Crippen molar-refractivity contribution >= 4 is 5.69 Å². The van der Waals surface area contributed by atoms with Crippen molar-refractivity contribution in [3.05, 3.63) is 24.3 Å². The summed E-state index contributed by atoms with van der Waals surface area (Å²) >= 11 is 0. The SMILES string of the molecule is CN1CC[C@H](Oc2ccc(N)cc2)C1. The molecule has 0 spiro atoms. The lowest BCUT2D eigenvalue weighted by Gasteiger charge is -2.13. The molecule has 1 fully saturated rings. The van der Waals surface area contributed by atoms with Crippen molar-refractivity contribution < 1.29 is 4.74 Å². The molecule has 1 heterocycles.